The van der Waals surface area contributed by atoms with Crippen molar-refractivity contribution >= 4 is 19.8 Å². The third-order valence-electron chi connectivity index (χ3n) is 13.4. The molecular weight excluding hydrogens is 936 g/mol. The van der Waals surface area contributed by atoms with Crippen molar-refractivity contribution in [3.8, 4) is 0 Å². The highest BCUT2D eigenvalue weighted by molar-refractivity contribution is 7.47. The number of allylic oxidation sites excluding steroid dienone is 8. The largest absolute Gasteiger partial charge is 0.472 e. The maximum atomic E-state index is 12.9. The fourth-order valence-corrected chi connectivity index (χ4v) is 9.84. The van der Waals surface area contributed by atoms with Crippen LogP contribution in [0.15, 0.2) is 48.6 Å². The zero-order valence-corrected chi connectivity index (χ0v) is 46.1. The molecule has 1 rings (SSSR count). The molecule has 6 unspecified atom stereocenters. The minimum atomic E-state index is -5.13. The molecule has 0 aliphatic heterocycles. The summed E-state index contributed by atoms with van der Waals surface area (Å²) >= 11 is 0. The van der Waals surface area contributed by atoms with Crippen molar-refractivity contribution in [2.45, 2.75) is 294 Å². The second-order valence-corrected chi connectivity index (χ2v) is 21.5. The van der Waals surface area contributed by atoms with Crippen molar-refractivity contribution in [2.24, 2.45) is 0 Å². The molecule has 13 nitrogen and oxygen atoms in total. The van der Waals surface area contributed by atoms with E-state index in [1.54, 1.807) is 0 Å². The van der Waals surface area contributed by atoms with E-state index in [9.17, 15) is 44.6 Å². The van der Waals surface area contributed by atoms with Gasteiger partial charge in [-0.1, -0.05) is 236 Å². The highest BCUT2D eigenvalue weighted by Crippen LogP contribution is 2.47. The Bertz CT molecular complexity index is 1440. The lowest BCUT2D eigenvalue weighted by atomic mass is 9.85. The summed E-state index contributed by atoms with van der Waals surface area (Å²) < 4.78 is 33.7. The number of hydrogen-bond donors (Lipinski definition) is 6. The first kappa shape index (κ1) is 67.8. The van der Waals surface area contributed by atoms with E-state index in [1.165, 1.54) is 128 Å². The Morgan fingerprint density at radius 2 is 0.792 bits per heavy atom. The normalized spacial score (nSPS) is 20.8. The summed E-state index contributed by atoms with van der Waals surface area (Å²) in [6, 6.07) is 0. The maximum absolute atomic E-state index is 12.9. The lowest BCUT2D eigenvalue weighted by Gasteiger charge is -2.41. The molecule has 0 aromatic carbocycles. The molecule has 0 amide bonds. The van der Waals surface area contributed by atoms with E-state index >= 15 is 0 Å². The van der Waals surface area contributed by atoms with Gasteiger partial charge >= 0.3 is 19.8 Å². The van der Waals surface area contributed by atoms with E-state index in [4.69, 9.17) is 18.5 Å². The van der Waals surface area contributed by atoms with E-state index in [-0.39, 0.29) is 12.8 Å². The highest BCUT2D eigenvalue weighted by Gasteiger charge is 2.51. The van der Waals surface area contributed by atoms with Crippen LogP contribution in [0.25, 0.3) is 0 Å². The molecule has 1 aliphatic rings. The molecule has 72 heavy (non-hydrogen) atoms. The molecule has 0 aromatic rings. The summed E-state index contributed by atoms with van der Waals surface area (Å²) in [5, 5.41) is 50.4. The molecule has 0 aromatic heterocycles. The standard InChI is InChI=1S/C58H105O13P/c1-3-5-7-9-11-13-15-17-19-21-23-24-25-26-27-29-30-32-34-36-38-40-42-44-46-51(59)68-48-50(49-69-72(66,67)71-58-56(64)54(62)53(61)55(63)57(58)65)70-52(60)47-45-43-41-39-37-35-33-31-28-22-20-18-16-14-12-10-8-6-4-2/h6,8,12,14,18,20,28,31,50,53-58,61-65H,3-5,7,9-11,13,15-17,19,21-27,29-30,32-49H2,1-2H3,(H,66,67)/b8-6-,14-12-,20-18-,31-28-. The summed E-state index contributed by atoms with van der Waals surface area (Å²) in [6.07, 6.45) is 45.9. The Labute approximate surface area is 437 Å². The quantitative estimate of drug-likeness (QED) is 0.0145. The van der Waals surface area contributed by atoms with E-state index in [0.29, 0.717) is 12.8 Å². The van der Waals surface area contributed by atoms with Gasteiger partial charge < -0.3 is 39.9 Å². The van der Waals surface area contributed by atoms with Gasteiger partial charge in [-0.3, -0.25) is 18.6 Å². The van der Waals surface area contributed by atoms with Crippen molar-refractivity contribution in [1.29, 1.82) is 0 Å². The van der Waals surface area contributed by atoms with Gasteiger partial charge in [0.05, 0.1) is 6.61 Å². The number of phosphoric ester groups is 1. The third kappa shape index (κ3) is 38.4. The lowest BCUT2D eigenvalue weighted by molar-refractivity contribution is -0.220. The zero-order valence-electron chi connectivity index (χ0n) is 45.2. The molecular formula is C58H105O13P. The van der Waals surface area contributed by atoms with Gasteiger partial charge in [0.1, 0.15) is 43.2 Å². The van der Waals surface area contributed by atoms with Crippen LogP contribution < -0.4 is 0 Å². The number of aliphatic hydroxyl groups excluding tert-OH is 5. The predicted molar refractivity (Wildman–Crippen MR) is 290 cm³/mol. The lowest BCUT2D eigenvalue weighted by Crippen LogP contribution is -2.64. The van der Waals surface area contributed by atoms with Crippen LogP contribution in [0.1, 0.15) is 251 Å². The third-order valence-corrected chi connectivity index (χ3v) is 14.4. The highest BCUT2D eigenvalue weighted by atomic mass is 31.2. The summed E-state index contributed by atoms with van der Waals surface area (Å²) in [6.45, 7) is 3.23. The van der Waals surface area contributed by atoms with Crippen LogP contribution in [-0.2, 0) is 32.7 Å². The van der Waals surface area contributed by atoms with Gasteiger partial charge in [-0.05, 0) is 51.4 Å². The molecule has 0 saturated heterocycles. The number of aliphatic hydroxyl groups is 5. The Hall–Kier alpha value is -2.19. The zero-order chi connectivity index (χ0) is 52.8. The molecule has 420 valence electrons. The molecule has 0 heterocycles. The SMILES string of the molecule is CC/C=C\C/C=C\C/C=C\C/C=C\CCCCCCCCC(=O)OC(COC(=O)CCCCCCCCCCCCCCCCCCCCCCCCCC)COP(=O)(O)OC1C(O)C(O)C(O)C(O)C1O. The summed E-state index contributed by atoms with van der Waals surface area (Å²) in [4.78, 5) is 36.0. The number of hydrogen-bond acceptors (Lipinski definition) is 12. The first-order chi connectivity index (χ1) is 34.9. The van der Waals surface area contributed by atoms with Crippen LogP contribution >= 0.6 is 7.82 Å². The monoisotopic (exact) mass is 1040 g/mol. The van der Waals surface area contributed by atoms with Gasteiger partial charge in [0.2, 0.25) is 0 Å². The fourth-order valence-electron chi connectivity index (χ4n) is 8.87. The number of carbonyl (C=O) groups excluding carboxylic acids is 2. The minimum absolute atomic E-state index is 0.0811. The molecule has 1 saturated carbocycles. The van der Waals surface area contributed by atoms with E-state index in [1.807, 2.05) is 0 Å². The van der Waals surface area contributed by atoms with Crippen molar-refractivity contribution in [3.63, 3.8) is 0 Å². The van der Waals surface area contributed by atoms with Gasteiger partial charge in [0, 0.05) is 12.8 Å². The van der Waals surface area contributed by atoms with Crippen molar-refractivity contribution < 1.29 is 63.1 Å². The number of unbranched alkanes of at least 4 members (excludes halogenated alkanes) is 29. The number of rotatable bonds is 49. The average molecular weight is 1040 g/mol. The number of esters is 2. The van der Waals surface area contributed by atoms with Gasteiger partial charge in [0.25, 0.3) is 0 Å². The second kappa shape index (κ2) is 47.3. The first-order valence-electron chi connectivity index (χ1n) is 28.9. The second-order valence-electron chi connectivity index (χ2n) is 20.1. The van der Waals surface area contributed by atoms with Crippen molar-refractivity contribution in [3.05, 3.63) is 48.6 Å². The number of ether oxygens (including phenoxy) is 2. The Balaban J connectivity index is 2.32. The van der Waals surface area contributed by atoms with Gasteiger partial charge in [-0.25, -0.2) is 4.57 Å². The molecule has 1 aliphatic carbocycles. The first-order valence-corrected chi connectivity index (χ1v) is 30.4. The summed E-state index contributed by atoms with van der Waals surface area (Å²) in [5.74, 6) is -1.11. The average Bonchev–Trinajstić information content (AvgIpc) is 3.36. The molecule has 0 radical (unpaired) electrons. The molecule has 0 bridgehead atoms. The summed E-state index contributed by atoms with van der Waals surface area (Å²) in [7, 11) is -5.13. The van der Waals surface area contributed by atoms with E-state index in [2.05, 4.69) is 62.5 Å². The topological polar surface area (TPSA) is 210 Å². The van der Waals surface area contributed by atoms with Crippen LogP contribution in [0.3, 0.4) is 0 Å². The van der Waals surface area contributed by atoms with Crippen LogP contribution in [0.4, 0.5) is 0 Å². The van der Waals surface area contributed by atoms with Gasteiger partial charge in [0.15, 0.2) is 6.10 Å². The molecule has 0 spiro atoms. The number of carbonyl (C=O) groups is 2. The molecule has 6 atom stereocenters. The van der Waals surface area contributed by atoms with Crippen molar-refractivity contribution in [1.82, 2.24) is 0 Å². The van der Waals surface area contributed by atoms with E-state index < -0.39 is 75.7 Å². The van der Waals surface area contributed by atoms with Crippen LogP contribution in [0, 0.1) is 0 Å². The molecule has 1 fully saturated rings. The minimum Gasteiger partial charge on any atom is -0.462 e. The smallest absolute Gasteiger partial charge is 0.462 e. The predicted octanol–water partition coefficient (Wildman–Crippen LogP) is 13.5. The number of phosphoric acid groups is 1. The van der Waals surface area contributed by atoms with Crippen molar-refractivity contribution in [2.75, 3.05) is 13.2 Å². The Morgan fingerprint density at radius 1 is 0.444 bits per heavy atom. The molecule has 14 heteroatoms. The van der Waals surface area contributed by atoms with Gasteiger partial charge in [-0.15, -0.1) is 0 Å². The maximum Gasteiger partial charge on any atom is 0.472 e. The Morgan fingerprint density at radius 3 is 1.21 bits per heavy atom. The molecule has 6 N–H and O–H groups in total. The van der Waals surface area contributed by atoms with Crippen LogP contribution in [-0.4, -0.2) is 98.3 Å². The summed E-state index contributed by atoms with van der Waals surface area (Å²) in [5.41, 5.74) is 0. The fraction of sp³-hybridized carbons (Fsp3) is 0.828. The van der Waals surface area contributed by atoms with E-state index in [0.717, 1.165) is 83.5 Å². The van der Waals surface area contributed by atoms with Crippen LogP contribution in [0.5, 0.6) is 0 Å². The Kier molecular flexibility index (Phi) is 44.5. The van der Waals surface area contributed by atoms with Crippen LogP contribution in [0.2, 0.25) is 0 Å². The van der Waals surface area contributed by atoms with Gasteiger partial charge in [-0.2, -0.15) is 0 Å².